The van der Waals surface area contributed by atoms with Gasteiger partial charge in [-0.1, -0.05) is 183 Å². The summed E-state index contributed by atoms with van der Waals surface area (Å²) >= 11 is 0. The van der Waals surface area contributed by atoms with Gasteiger partial charge in [0.05, 0.1) is 27.2 Å². The molecule has 2 nitrogen and oxygen atoms in total. The van der Waals surface area contributed by atoms with Gasteiger partial charge in [-0.25, -0.2) is 0 Å². The minimum atomic E-state index is -1.36. The summed E-state index contributed by atoms with van der Waals surface area (Å²) in [6, 6.07) is 71.8. The minimum Gasteiger partial charge on any atom is -0.311 e. The van der Waals surface area contributed by atoms with E-state index >= 15 is 0 Å². The lowest BCUT2D eigenvalue weighted by Crippen LogP contribution is -2.37. The third-order valence-corrected chi connectivity index (χ3v) is 15.7. The number of fused-ring (bicyclic) bond motifs is 3. The van der Waals surface area contributed by atoms with Crippen molar-refractivity contribution in [1.29, 1.82) is 0 Å². The number of aromatic nitrogens is 1. The fourth-order valence-electron chi connectivity index (χ4n) is 8.19. The summed E-state index contributed by atoms with van der Waals surface area (Å²) in [5, 5.41) is 5.49. The Bertz CT molecular complexity index is 2740. The number of para-hydroxylation sites is 2. The molecule has 0 bridgehead atoms. The van der Waals surface area contributed by atoms with Crippen LogP contribution in [-0.4, -0.2) is 20.7 Å². The topological polar surface area (TPSA) is 8.17 Å². The van der Waals surface area contributed by atoms with Gasteiger partial charge >= 0.3 is 0 Å². The van der Waals surface area contributed by atoms with E-state index < -0.39 is 16.1 Å². The number of anilines is 3. The van der Waals surface area contributed by atoms with Gasteiger partial charge in [-0.05, 0) is 94.0 Å². The molecule has 58 heavy (non-hydrogen) atoms. The zero-order valence-corrected chi connectivity index (χ0v) is 36.4. The maximum absolute atomic E-state index is 2.40. The van der Waals surface area contributed by atoms with Crippen molar-refractivity contribution in [2.24, 2.45) is 0 Å². The van der Waals surface area contributed by atoms with Crippen LogP contribution in [0.3, 0.4) is 0 Å². The van der Waals surface area contributed by atoms with Crippen LogP contribution in [0.2, 0.25) is 39.3 Å². The average Bonchev–Trinajstić information content (AvgIpc) is 3.58. The third kappa shape index (κ3) is 7.26. The van der Waals surface area contributed by atoms with Crippen molar-refractivity contribution in [3.05, 3.63) is 194 Å². The molecule has 4 heteroatoms. The van der Waals surface area contributed by atoms with E-state index in [2.05, 4.69) is 243 Å². The zero-order valence-electron chi connectivity index (χ0n) is 34.4. The molecule has 0 aliphatic rings. The lowest BCUT2D eigenvalue weighted by Gasteiger charge is -2.26. The molecule has 0 radical (unpaired) electrons. The minimum absolute atomic E-state index is 1.11. The number of nitrogens with zero attached hydrogens (tertiary/aromatic N) is 2. The van der Waals surface area contributed by atoms with Crippen molar-refractivity contribution in [2.75, 3.05) is 4.90 Å². The lowest BCUT2D eigenvalue weighted by molar-refractivity contribution is 1.18. The van der Waals surface area contributed by atoms with Crippen molar-refractivity contribution in [3.8, 4) is 39.1 Å². The van der Waals surface area contributed by atoms with Crippen LogP contribution in [0.4, 0.5) is 17.1 Å². The van der Waals surface area contributed by atoms with E-state index in [-0.39, 0.29) is 0 Å². The molecule has 0 unspecified atom stereocenters. The largest absolute Gasteiger partial charge is 0.311 e. The fraction of sp³-hybridized carbons (Fsp3) is 0.111. The Morgan fingerprint density at radius 2 is 0.690 bits per heavy atom. The van der Waals surface area contributed by atoms with Gasteiger partial charge in [0.15, 0.2) is 0 Å². The van der Waals surface area contributed by atoms with Gasteiger partial charge in [0.25, 0.3) is 0 Å². The van der Waals surface area contributed by atoms with Crippen LogP contribution in [0.1, 0.15) is 0 Å². The van der Waals surface area contributed by atoms with Gasteiger partial charge in [-0.3, -0.25) is 0 Å². The number of benzene rings is 8. The van der Waals surface area contributed by atoms with Crippen molar-refractivity contribution >= 4 is 65.4 Å². The molecule has 0 fully saturated rings. The van der Waals surface area contributed by atoms with E-state index in [4.69, 9.17) is 0 Å². The number of hydrogen-bond donors (Lipinski definition) is 0. The summed E-state index contributed by atoms with van der Waals surface area (Å²) in [6.45, 7) is 14.4. The van der Waals surface area contributed by atoms with Gasteiger partial charge in [0.1, 0.15) is 0 Å². The Morgan fingerprint density at radius 1 is 0.328 bits per heavy atom. The molecule has 0 spiro atoms. The predicted octanol–water partition coefficient (Wildman–Crippen LogP) is 14.3. The van der Waals surface area contributed by atoms with Crippen molar-refractivity contribution in [1.82, 2.24) is 4.57 Å². The summed E-state index contributed by atoms with van der Waals surface area (Å²) < 4.78 is 2.39. The molecule has 284 valence electrons. The summed E-state index contributed by atoms with van der Waals surface area (Å²) in [4.78, 5) is 2.37. The fourth-order valence-corrected chi connectivity index (χ4v) is 10.5. The highest BCUT2D eigenvalue weighted by atomic mass is 28.3. The second-order valence-electron chi connectivity index (χ2n) is 17.6. The average molecular weight is 783 g/mol. The zero-order chi connectivity index (χ0) is 40.0. The first-order valence-corrected chi connectivity index (χ1v) is 27.4. The highest BCUT2D eigenvalue weighted by Crippen LogP contribution is 2.39. The van der Waals surface area contributed by atoms with Crippen molar-refractivity contribution < 1.29 is 0 Å². The van der Waals surface area contributed by atoms with E-state index in [0.717, 1.165) is 17.1 Å². The predicted molar refractivity (Wildman–Crippen MR) is 258 cm³/mol. The van der Waals surface area contributed by atoms with Crippen molar-refractivity contribution in [2.45, 2.75) is 39.3 Å². The Kier molecular flexibility index (Phi) is 9.63. The molecule has 0 amide bonds. The number of rotatable bonds is 9. The summed E-state index contributed by atoms with van der Waals surface area (Å²) in [5.74, 6) is 0. The normalized spacial score (nSPS) is 12.0. The van der Waals surface area contributed by atoms with Crippen molar-refractivity contribution in [3.63, 3.8) is 0 Å². The van der Waals surface area contributed by atoms with Crippen LogP contribution in [0.5, 0.6) is 0 Å². The Balaban J connectivity index is 1.08. The first-order valence-electron chi connectivity index (χ1n) is 20.4. The molecule has 1 heterocycles. The van der Waals surface area contributed by atoms with Crippen LogP contribution in [-0.2, 0) is 0 Å². The highest BCUT2D eigenvalue weighted by molar-refractivity contribution is 6.89. The lowest BCUT2D eigenvalue weighted by atomic mass is 10.0. The first-order chi connectivity index (χ1) is 28.0. The molecule has 9 aromatic rings. The highest BCUT2D eigenvalue weighted by Gasteiger charge is 2.19. The van der Waals surface area contributed by atoms with E-state index in [1.165, 1.54) is 71.2 Å². The molecular formula is C54H50N2Si2. The molecule has 8 aromatic carbocycles. The standard InChI is InChI=1S/C54H50N2Si2/c1-57(2,3)49-33-22-41(23-34-49)39-16-27-46(28-17-39)55(47-29-18-40(19-30-47)42-24-35-50(36-25-42)58(4,5)6)48-31-20-43(21-32-48)44-26-37-52-51-14-10-11-15-53(51)56(54(52)38-44)45-12-8-7-9-13-45/h7-38H,1-6H3. The smallest absolute Gasteiger partial charge is 0.0775 e. The van der Waals surface area contributed by atoms with Crippen LogP contribution in [0.25, 0.3) is 60.9 Å². The molecule has 0 saturated carbocycles. The maximum atomic E-state index is 2.40. The van der Waals surface area contributed by atoms with Gasteiger partial charge in [0.2, 0.25) is 0 Å². The van der Waals surface area contributed by atoms with Crippen LogP contribution in [0.15, 0.2) is 194 Å². The van der Waals surface area contributed by atoms with E-state index in [9.17, 15) is 0 Å². The van der Waals surface area contributed by atoms with Gasteiger partial charge in [-0.2, -0.15) is 0 Å². The third-order valence-electron chi connectivity index (χ3n) is 11.6. The second kappa shape index (κ2) is 14.9. The summed E-state index contributed by atoms with van der Waals surface area (Å²) in [6.07, 6.45) is 0. The first kappa shape index (κ1) is 37.4. The van der Waals surface area contributed by atoms with Crippen LogP contribution >= 0.6 is 0 Å². The second-order valence-corrected chi connectivity index (χ2v) is 27.7. The van der Waals surface area contributed by atoms with Crippen LogP contribution in [0, 0.1) is 0 Å². The molecule has 0 aliphatic carbocycles. The van der Waals surface area contributed by atoms with E-state index in [0.29, 0.717) is 0 Å². The summed E-state index contributed by atoms with van der Waals surface area (Å²) in [5.41, 5.74) is 14.3. The SMILES string of the molecule is C[Si](C)(C)c1ccc(-c2ccc(N(c3ccc(-c4ccc([Si](C)(C)C)cc4)cc3)c3ccc(-c4ccc5c6ccccc6n(-c6ccccc6)c5c4)cc3)cc2)cc1. The van der Waals surface area contributed by atoms with Gasteiger partial charge in [0, 0.05) is 33.5 Å². The Morgan fingerprint density at radius 3 is 1.14 bits per heavy atom. The Hall–Kier alpha value is -6.21. The Labute approximate surface area is 345 Å². The molecule has 0 N–H and O–H groups in total. The molecule has 0 aliphatic heterocycles. The molecule has 1 aromatic heterocycles. The molecule has 0 atom stereocenters. The van der Waals surface area contributed by atoms with Crippen LogP contribution < -0.4 is 15.3 Å². The van der Waals surface area contributed by atoms with E-state index in [1.54, 1.807) is 0 Å². The summed E-state index contributed by atoms with van der Waals surface area (Å²) in [7, 11) is -2.72. The molecule has 0 saturated heterocycles. The quantitative estimate of drug-likeness (QED) is 0.132. The van der Waals surface area contributed by atoms with Gasteiger partial charge in [-0.15, -0.1) is 0 Å². The molecule has 9 rings (SSSR count). The van der Waals surface area contributed by atoms with Gasteiger partial charge < -0.3 is 9.47 Å². The monoisotopic (exact) mass is 782 g/mol. The molecular weight excluding hydrogens is 733 g/mol. The van der Waals surface area contributed by atoms with E-state index in [1.807, 2.05) is 0 Å². The maximum Gasteiger partial charge on any atom is 0.0775 e. The number of hydrogen-bond acceptors (Lipinski definition) is 1.